The lowest BCUT2D eigenvalue weighted by Crippen LogP contribution is -2.22. The minimum absolute atomic E-state index is 0.0230. The third kappa shape index (κ3) is 3.91. The zero-order valence-electron chi connectivity index (χ0n) is 14.7. The normalized spacial score (nSPS) is 10.7. The van der Waals surface area contributed by atoms with E-state index < -0.39 is 0 Å². The first-order chi connectivity index (χ1) is 12.0. The quantitative estimate of drug-likeness (QED) is 0.648. The van der Waals surface area contributed by atoms with Crippen LogP contribution in [0.4, 0.5) is 5.95 Å². The van der Waals surface area contributed by atoms with E-state index in [4.69, 9.17) is 0 Å². The van der Waals surface area contributed by atoms with Crippen LogP contribution < -0.4 is 4.90 Å². The maximum Gasteiger partial charge on any atom is 0.225 e. The van der Waals surface area contributed by atoms with Gasteiger partial charge >= 0.3 is 0 Å². The summed E-state index contributed by atoms with van der Waals surface area (Å²) in [6.07, 6.45) is 5.37. The van der Waals surface area contributed by atoms with Crippen molar-refractivity contribution >= 4 is 11.7 Å². The number of ketones is 1. The number of carbonyl (C=O) groups is 1. The number of nitrogens with zero attached hydrogens (tertiary/aromatic N) is 5. The number of hydrogen-bond donors (Lipinski definition) is 0. The summed E-state index contributed by atoms with van der Waals surface area (Å²) in [6, 6.07) is 10.3. The number of aromatic nitrogens is 4. The van der Waals surface area contributed by atoms with Crippen molar-refractivity contribution in [1.29, 1.82) is 0 Å². The zero-order valence-corrected chi connectivity index (χ0v) is 14.7. The van der Waals surface area contributed by atoms with Gasteiger partial charge in [-0.05, 0) is 19.4 Å². The molecule has 6 nitrogen and oxygen atoms in total. The molecular weight excluding hydrogens is 314 g/mol. The van der Waals surface area contributed by atoms with E-state index in [1.165, 1.54) is 12.5 Å². The van der Waals surface area contributed by atoms with Gasteiger partial charge in [-0.1, -0.05) is 30.3 Å². The summed E-state index contributed by atoms with van der Waals surface area (Å²) >= 11 is 0. The van der Waals surface area contributed by atoms with Gasteiger partial charge in [0.2, 0.25) is 5.95 Å². The van der Waals surface area contributed by atoms with Gasteiger partial charge in [-0.15, -0.1) is 0 Å². The summed E-state index contributed by atoms with van der Waals surface area (Å²) in [7, 11) is 1.92. The Kier molecular flexibility index (Phi) is 4.88. The highest BCUT2D eigenvalue weighted by Crippen LogP contribution is 2.14. The Labute approximate surface area is 147 Å². The van der Waals surface area contributed by atoms with Crippen molar-refractivity contribution in [3.63, 3.8) is 0 Å². The Balaban J connectivity index is 1.76. The highest BCUT2D eigenvalue weighted by molar-refractivity contribution is 5.94. The first-order valence-electron chi connectivity index (χ1n) is 8.14. The van der Waals surface area contributed by atoms with Crippen LogP contribution in [0.3, 0.4) is 0 Å². The lowest BCUT2D eigenvalue weighted by Gasteiger charge is -2.18. The fraction of sp³-hybridized carbons (Fsp3) is 0.263. The molecule has 0 saturated carbocycles. The van der Waals surface area contributed by atoms with Crippen molar-refractivity contribution in [3.8, 4) is 0 Å². The molecule has 128 valence electrons. The van der Waals surface area contributed by atoms with Crippen molar-refractivity contribution in [3.05, 3.63) is 71.6 Å². The molecule has 0 aliphatic carbocycles. The molecule has 0 fully saturated rings. The molecular formula is C19H21N5O. The summed E-state index contributed by atoms with van der Waals surface area (Å²) in [6.45, 7) is 4.70. The summed E-state index contributed by atoms with van der Waals surface area (Å²) in [5.74, 6) is 1.49. The molecule has 3 aromatic rings. The monoisotopic (exact) mass is 335 g/mol. The van der Waals surface area contributed by atoms with E-state index in [-0.39, 0.29) is 5.78 Å². The molecule has 2 heterocycles. The van der Waals surface area contributed by atoms with E-state index in [0.717, 1.165) is 12.4 Å². The number of imidazole rings is 1. The Morgan fingerprint density at radius 3 is 2.64 bits per heavy atom. The Morgan fingerprint density at radius 2 is 1.96 bits per heavy atom. The van der Waals surface area contributed by atoms with E-state index in [1.807, 2.05) is 43.3 Å². The number of hydrogen-bond acceptors (Lipinski definition) is 5. The second kappa shape index (κ2) is 7.25. The van der Waals surface area contributed by atoms with Crippen LogP contribution in [0, 0.1) is 6.92 Å². The fourth-order valence-corrected chi connectivity index (χ4v) is 2.68. The number of Topliss-reactive ketones (excluding diaryl/α,β-unsaturated/α-hetero) is 1. The third-order valence-electron chi connectivity index (χ3n) is 4.06. The van der Waals surface area contributed by atoms with Gasteiger partial charge in [-0.25, -0.2) is 15.0 Å². The summed E-state index contributed by atoms with van der Waals surface area (Å²) in [5.41, 5.74) is 2.47. The lowest BCUT2D eigenvalue weighted by molar-refractivity contribution is 0.101. The zero-order chi connectivity index (χ0) is 17.8. The molecule has 6 heteroatoms. The van der Waals surface area contributed by atoms with Crippen molar-refractivity contribution in [2.45, 2.75) is 26.9 Å². The van der Waals surface area contributed by atoms with Gasteiger partial charge in [0.25, 0.3) is 0 Å². The van der Waals surface area contributed by atoms with Crippen LogP contribution in [0.1, 0.15) is 34.4 Å². The molecule has 3 rings (SSSR count). The largest absolute Gasteiger partial charge is 0.336 e. The van der Waals surface area contributed by atoms with E-state index in [1.54, 1.807) is 12.4 Å². The van der Waals surface area contributed by atoms with Gasteiger partial charge < -0.3 is 9.47 Å². The molecule has 25 heavy (non-hydrogen) atoms. The maximum absolute atomic E-state index is 11.5. The van der Waals surface area contributed by atoms with E-state index in [2.05, 4.69) is 31.7 Å². The topological polar surface area (TPSA) is 63.9 Å². The van der Waals surface area contributed by atoms with E-state index >= 15 is 0 Å². The molecule has 0 aliphatic rings. The Hall–Kier alpha value is -3.02. The van der Waals surface area contributed by atoms with Gasteiger partial charge in [0, 0.05) is 32.2 Å². The Bertz CT molecular complexity index is 873. The molecule has 0 N–H and O–H groups in total. The molecule has 0 amide bonds. The van der Waals surface area contributed by atoms with Crippen molar-refractivity contribution in [1.82, 2.24) is 19.5 Å². The average molecular weight is 335 g/mol. The molecule has 0 atom stereocenters. The Morgan fingerprint density at radius 1 is 1.20 bits per heavy atom. The second-order valence-corrected chi connectivity index (χ2v) is 6.04. The van der Waals surface area contributed by atoms with Crippen LogP contribution in [0.5, 0.6) is 0 Å². The van der Waals surface area contributed by atoms with E-state index in [0.29, 0.717) is 23.8 Å². The molecule has 2 aromatic heterocycles. The summed E-state index contributed by atoms with van der Waals surface area (Å²) < 4.78 is 2.11. The van der Waals surface area contributed by atoms with Crippen LogP contribution in [0.2, 0.25) is 0 Å². The van der Waals surface area contributed by atoms with Gasteiger partial charge in [-0.3, -0.25) is 4.79 Å². The third-order valence-corrected chi connectivity index (χ3v) is 4.06. The first-order valence-corrected chi connectivity index (χ1v) is 8.14. The van der Waals surface area contributed by atoms with Crippen LogP contribution in [0.15, 0.2) is 48.9 Å². The number of rotatable bonds is 6. The molecule has 0 radical (unpaired) electrons. The smallest absolute Gasteiger partial charge is 0.225 e. The fourth-order valence-electron chi connectivity index (χ4n) is 2.68. The summed E-state index contributed by atoms with van der Waals surface area (Å²) in [4.78, 5) is 26.7. The molecule has 1 aromatic carbocycles. The predicted octanol–water partition coefficient (Wildman–Crippen LogP) is 2.87. The van der Waals surface area contributed by atoms with Crippen molar-refractivity contribution in [2.24, 2.45) is 0 Å². The molecule has 0 saturated heterocycles. The van der Waals surface area contributed by atoms with Gasteiger partial charge in [0.15, 0.2) is 5.78 Å². The number of anilines is 1. The molecule has 0 spiro atoms. The molecule has 0 aliphatic heterocycles. The number of aryl methyl sites for hydroxylation is 1. The highest BCUT2D eigenvalue weighted by Gasteiger charge is 2.13. The minimum atomic E-state index is -0.0230. The second-order valence-electron chi connectivity index (χ2n) is 6.04. The van der Waals surface area contributed by atoms with Crippen LogP contribution in [0.25, 0.3) is 0 Å². The molecule has 0 bridgehead atoms. The first kappa shape index (κ1) is 16.8. The van der Waals surface area contributed by atoms with Crippen molar-refractivity contribution in [2.75, 3.05) is 11.9 Å². The highest BCUT2D eigenvalue weighted by atomic mass is 16.1. The number of benzene rings is 1. The van der Waals surface area contributed by atoms with Crippen LogP contribution in [-0.4, -0.2) is 32.3 Å². The number of carbonyl (C=O) groups excluding carboxylic acids is 1. The standard InChI is InChI=1S/C19H21N5O/c1-14-17(15(2)25)11-21-19(22-14)23(3)13-18-20-9-10-24(18)12-16-7-5-4-6-8-16/h4-11H,12-13H2,1-3H3. The minimum Gasteiger partial charge on any atom is -0.336 e. The van der Waals surface area contributed by atoms with Crippen molar-refractivity contribution < 1.29 is 4.79 Å². The summed E-state index contributed by atoms with van der Waals surface area (Å²) in [5, 5.41) is 0. The van der Waals surface area contributed by atoms with Gasteiger partial charge in [-0.2, -0.15) is 0 Å². The van der Waals surface area contributed by atoms with E-state index in [9.17, 15) is 4.79 Å². The SMILES string of the molecule is CC(=O)c1cnc(N(C)Cc2nccn2Cc2ccccc2)nc1C. The average Bonchev–Trinajstić information content (AvgIpc) is 3.02. The van der Waals surface area contributed by atoms with Crippen LogP contribution in [-0.2, 0) is 13.1 Å². The van der Waals surface area contributed by atoms with Gasteiger partial charge in [0.1, 0.15) is 5.82 Å². The van der Waals surface area contributed by atoms with Crippen LogP contribution >= 0.6 is 0 Å². The van der Waals surface area contributed by atoms with Gasteiger partial charge in [0.05, 0.1) is 17.8 Å². The lowest BCUT2D eigenvalue weighted by atomic mass is 10.2. The maximum atomic E-state index is 11.5. The predicted molar refractivity (Wildman–Crippen MR) is 96.7 cm³/mol. The molecule has 0 unspecified atom stereocenters.